The monoisotopic (exact) mass is 369 g/mol. The zero-order chi connectivity index (χ0) is 19.6. The molecule has 0 saturated heterocycles. The van der Waals surface area contributed by atoms with Crippen molar-refractivity contribution in [2.24, 2.45) is 5.41 Å². The van der Waals surface area contributed by atoms with Crippen molar-refractivity contribution in [3.05, 3.63) is 76.5 Å². The van der Waals surface area contributed by atoms with Crippen LogP contribution in [0.4, 0.5) is 0 Å². The van der Waals surface area contributed by atoms with Gasteiger partial charge >= 0.3 is 0 Å². The summed E-state index contributed by atoms with van der Waals surface area (Å²) >= 11 is 0. The molecule has 28 heavy (non-hydrogen) atoms. The van der Waals surface area contributed by atoms with Crippen molar-refractivity contribution < 1.29 is 9.90 Å². The Morgan fingerprint density at radius 3 is 2.61 bits per heavy atom. The van der Waals surface area contributed by atoms with Crippen LogP contribution in [-0.2, 0) is 6.42 Å². The molecule has 0 spiro atoms. The standard InChI is InChI=1S/C25H23NO2/c1-14-7-6-8-15(11-14)20-21-18(12-25(2,3)13-19(21)27)26-23-16-9-4-5-10-17(16)24(28)22(20)23/h4-11,24,28H,12-13H2,1-3H3/t24-/m0/s1. The molecule has 0 bridgehead atoms. The molecule has 0 unspecified atom stereocenters. The van der Waals surface area contributed by atoms with Crippen LogP contribution in [0.25, 0.3) is 22.4 Å². The first-order valence-electron chi connectivity index (χ1n) is 9.80. The van der Waals surface area contributed by atoms with Crippen molar-refractivity contribution in [3.8, 4) is 22.4 Å². The Hall–Kier alpha value is -2.78. The van der Waals surface area contributed by atoms with Crippen molar-refractivity contribution in [2.75, 3.05) is 0 Å². The van der Waals surface area contributed by atoms with Gasteiger partial charge in [0.25, 0.3) is 0 Å². The number of aromatic nitrogens is 1. The number of aliphatic hydroxyl groups excluding tert-OH is 1. The van der Waals surface area contributed by atoms with Gasteiger partial charge < -0.3 is 5.11 Å². The summed E-state index contributed by atoms with van der Waals surface area (Å²) in [5.74, 6) is 0.126. The number of aliphatic hydroxyl groups is 1. The van der Waals surface area contributed by atoms with Crippen LogP contribution in [0.5, 0.6) is 0 Å². The zero-order valence-electron chi connectivity index (χ0n) is 16.4. The first-order chi connectivity index (χ1) is 13.4. The third kappa shape index (κ3) is 2.46. The number of benzene rings is 2. The van der Waals surface area contributed by atoms with Gasteiger partial charge in [-0.1, -0.05) is 67.9 Å². The minimum Gasteiger partial charge on any atom is -0.384 e. The third-order valence-corrected chi connectivity index (χ3v) is 5.96. The highest BCUT2D eigenvalue weighted by Gasteiger charge is 2.39. The van der Waals surface area contributed by atoms with Crippen molar-refractivity contribution in [1.29, 1.82) is 0 Å². The Labute approximate surface area is 165 Å². The first-order valence-corrected chi connectivity index (χ1v) is 9.80. The molecule has 3 aromatic rings. The average molecular weight is 369 g/mol. The lowest BCUT2D eigenvalue weighted by molar-refractivity contribution is 0.0911. The van der Waals surface area contributed by atoms with Crippen molar-refractivity contribution in [2.45, 2.75) is 39.7 Å². The molecule has 0 saturated carbocycles. The van der Waals surface area contributed by atoms with Crippen LogP contribution in [-0.4, -0.2) is 15.9 Å². The number of fused-ring (bicyclic) bond motifs is 4. The van der Waals surface area contributed by atoms with Gasteiger partial charge in [-0.3, -0.25) is 9.78 Å². The van der Waals surface area contributed by atoms with E-state index in [1.54, 1.807) is 0 Å². The predicted molar refractivity (Wildman–Crippen MR) is 110 cm³/mol. The Bertz CT molecular complexity index is 1140. The van der Waals surface area contributed by atoms with Gasteiger partial charge in [-0.25, -0.2) is 0 Å². The second kappa shape index (κ2) is 5.86. The van der Waals surface area contributed by atoms with Crippen molar-refractivity contribution in [1.82, 2.24) is 4.98 Å². The number of nitrogens with zero attached hydrogens (tertiary/aromatic N) is 1. The normalized spacial score (nSPS) is 19.1. The average Bonchev–Trinajstić information content (AvgIpc) is 2.92. The lowest BCUT2D eigenvalue weighted by Gasteiger charge is -2.32. The van der Waals surface area contributed by atoms with Crippen LogP contribution in [0.1, 0.15) is 59.1 Å². The van der Waals surface area contributed by atoms with E-state index in [2.05, 4.69) is 19.9 Å². The minimum absolute atomic E-state index is 0.105. The van der Waals surface area contributed by atoms with E-state index in [-0.39, 0.29) is 11.2 Å². The third-order valence-electron chi connectivity index (χ3n) is 5.96. The van der Waals surface area contributed by atoms with Crippen LogP contribution >= 0.6 is 0 Å². The summed E-state index contributed by atoms with van der Waals surface area (Å²) in [6.45, 7) is 6.29. The molecule has 5 rings (SSSR count). The number of carbonyl (C=O) groups excluding carboxylic acids is 1. The van der Waals surface area contributed by atoms with Gasteiger partial charge in [-0.2, -0.15) is 0 Å². The van der Waals surface area contributed by atoms with Crippen LogP contribution in [0, 0.1) is 12.3 Å². The number of rotatable bonds is 1. The smallest absolute Gasteiger partial charge is 0.165 e. The Balaban J connectivity index is 1.89. The number of pyridine rings is 1. The summed E-state index contributed by atoms with van der Waals surface area (Å²) in [7, 11) is 0. The summed E-state index contributed by atoms with van der Waals surface area (Å²) in [5.41, 5.74) is 7.88. The van der Waals surface area contributed by atoms with Gasteiger partial charge in [0.05, 0.1) is 11.4 Å². The molecule has 0 amide bonds. The van der Waals surface area contributed by atoms with E-state index in [0.29, 0.717) is 12.0 Å². The lowest BCUT2D eigenvalue weighted by Crippen LogP contribution is -2.29. The maximum absolute atomic E-state index is 13.2. The van der Waals surface area contributed by atoms with Crippen LogP contribution in [0.3, 0.4) is 0 Å². The van der Waals surface area contributed by atoms with E-state index in [4.69, 9.17) is 4.98 Å². The fourth-order valence-electron chi connectivity index (χ4n) is 4.79. The number of aryl methyl sites for hydroxylation is 1. The highest BCUT2D eigenvalue weighted by Crippen LogP contribution is 2.50. The predicted octanol–water partition coefficient (Wildman–Crippen LogP) is 5.27. The number of ketones is 1. The quantitative estimate of drug-likeness (QED) is 0.635. The molecule has 1 atom stereocenters. The number of hydrogen-bond acceptors (Lipinski definition) is 3. The maximum Gasteiger partial charge on any atom is 0.165 e. The zero-order valence-corrected chi connectivity index (χ0v) is 16.4. The van der Waals surface area contributed by atoms with Gasteiger partial charge in [0.15, 0.2) is 5.78 Å². The summed E-state index contributed by atoms with van der Waals surface area (Å²) < 4.78 is 0. The molecular formula is C25H23NO2. The highest BCUT2D eigenvalue weighted by molar-refractivity contribution is 6.07. The molecule has 2 aromatic carbocycles. The molecule has 0 radical (unpaired) electrons. The molecule has 0 fully saturated rings. The first kappa shape index (κ1) is 17.3. The fourth-order valence-corrected chi connectivity index (χ4v) is 4.79. The number of hydrogen-bond donors (Lipinski definition) is 1. The van der Waals surface area contributed by atoms with Crippen molar-refractivity contribution >= 4 is 5.78 Å². The van der Waals surface area contributed by atoms with E-state index < -0.39 is 6.10 Å². The molecule has 2 aliphatic carbocycles. The Morgan fingerprint density at radius 2 is 1.82 bits per heavy atom. The summed E-state index contributed by atoms with van der Waals surface area (Å²) in [5, 5.41) is 11.2. The number of carbonyl (C=O) groups is 1. The molecular weight excluding hydrogens is 346 g/mol. The van der Waals surface area contributed by atoms with Gasteiger partial charge in [0.2, 0.25) is 0 Å². The van der Waals surface area contributed by atoms with Gasteiger partial charge in [0.1, 0.15) is 6.10 Å². The van der Waals surface area contributed by atoms with E-state index in [9.17, 15) is 9.90 Å². The molecule has 1 heterocycles. The summed E-state index contributed by atoms with van der Waals surface area (Å²) in [4.78, 5) is 18.2. The largest absolute Gasteiger partial charge is 0.384 e. The second-order valence-electron chi connectivity index (χ2n) is 8.87. The van der Waals surface area contributed by atoms with Crippen LogP contribution < -0.4 is 0 Å². The summed E-state index contributed by atoms with van der Waals surface area (Å²) in [6, 6.07) is 16.1. The number of Topliss-reactive ketones (excluding diaryl/α,β-unsaturated/α-hetero) is 1. The molecule has 2 aliphatic rings. The van der Waals surface area contributed by atoms with Gasteiger partial charge in [-0.05, 0) is 29.9 Å². The Morgan fingerprint density at radius 1 is 1.04 bits per heavy atom. The van der Waals surface area contributed by atoms with E-state index in [0.717, 1.165) is 51.2 Å². The molecule has 3 heteroatoms. The van der Waals surface area contributed by atoms with E-state index >= 15 is 0 Å². The highest BCUT2D eigenvalue weighted by atomic mass is 16.3. The molecule has 140 valence electrons. The molecule has 3 nitrogen and oxygen atoms in total. The Kier molecular flexibility index (Phi) is 3.62. The van der Waals surface area contributed by atoms with Crippen LogP contribution in [0.2, 0.25) is 0 Å². The van der Waals surface area contributed by atoms with Crippen molar-refractivity contribution in [3.63, 3.8) is 0 Å². The minimum atomic E-state index is -0.762. The van der Waals surface area contributed by atoms with Gasteiger partial charge in [0, 0.05) is 28.7 Å². The second-order valence-corrected chi connectivity index (χ2v) is 8.87. The van der Waals surface area contributed by atoms with Crippen LogP contribution in [0.15, 0.2) is 48.5 Å². The van der Waals surface area contributed by atoms with Gasteiger partial charge in [-0.15, -0.1) is 0 Å². The maximum atomic E-state index is 13.2. The van der Waals surface area contributed by atoms with E-state index in [1.807, 2.05) is 49.4 Å². The summed E-state index contributed by atoms with van der Waals surface area (Å²) in [6.07, 6.45) is 0.503. The topological polar surface area (TPSA) is 50.2 Å². The lowest BCUT2D eigenvalue weighted by atomic mass is 9.73. The molecule has 0 aliphatic heterocycles. The fraction of sp³-hybridized carbons (Fsp3) is 0.280. The SMILES string of the molecule is Cc1cccc(-c2c3c(nc4c2[C@@H](O)c2ccccc2-4)CC(C)(C)CC3=O)c1. The van der Waals surface area contributed by atoms with E-state index in [1.165, 1.54) is 0 Å². The molecule has 1 aromatic heterocycles. The molecule has 1 N–H and O–H groups in total.